The van der Waals surface area contributed by atoms with Crippen molar-refractivity contribution in [3.63, 3.8) is 0 Å². The van der Waals surface area contributed by atoms with Crippen molar-refractivity contribution in [1.29, 1.82) is 0 Å². The van der Waals surface area contributed by atoms with Crippen LogP contribution >= 0.6 is 15.9 Å². The maximum atomic E-state index is 6.03. The van der Waals surface area contributed by atoms with Crippen LogP contribution in [0.2, 0.25) is 0 Å². The first kappa shape index (κ1) is 12.3. The third-order valence-electron chi connectivity index (χ3n) is 2.29. The molecule has 1 aromatic carbocycles. The Bertz CT molecular complexity index is 338. The molecule has 0 aliphatic heterocycles. The molecule has 0 saturated carbocycles. The maximum absolute atomic E-state index is 6.03. The molecule has 15 heavy (non-hydrogen) atoms. The Morgan fingerprint density at radius 3 is 2.87 bits per heavy atom. The molecule has 82 valence electrons. The lowest BCUT2D eigenvalue weighted by Crippen LogP contribution is -2.09. The molecule has 0 aliphatic rings. The normalized spacial score (nSPS) is 12.2. The van der Waals surface area contributed by atoms with Crippen LogP contribution in [0.3, 0.4) is 0 Å². The predicted octanol–water partition coefficient (Wildman–Crippen LogP) is 3.42. The number of methoxy groups -OCH3 is 1. The van der Waals surface area contributed by atoms with Gasteiger partial charge in [-0.05, 0) is 46.5 Å². The fraction of sp³-hybridized carbons (Fsp3) is 0.333. The first-order valence-corrected chi connectivity index (χ1v) is 5.68. The number of nitrogens with two attached hydrogens (primary N) is 1. The summed E-state index contributed by atoms with van der Waals surface area (Å²) in [5.41, 5.74) is 7.15. The van der Waals surface area contributed by atoms with Crippen molar-refractivity contribution < 1.29 is 4.74 Å². The van der Waals surface area contributed by atoms with Crippen LogP contribution in [0.15, 0.2) is 35.3 Å². The lowest BCUT2D eigenvalue weighted by molar-refractivity contribution is 0.412. The Morgan fingerprint density at radius 2 is 2.33 bits per heavy atom. The Morgan fingerprint density at radius 1 is 1.60 bits per heavy atom. The van der Waals surface area contributed by atoms with Crippen LogP contribution in [0.5, 0.6) is 5.75 Å². The highest BCUT2D eigenvalue weighted by molar-refractivity contribution is 9.10. The molecule has 0 aliphatic carbocycles. The topological polar surface area (TPSA) is 35.2 Å². The van der Waals surface area contributed by atoms with Gasteiger partial charge in [0.15, 0.2) is 0 Å². The van der Waals surface area contributed by atoms with Gasteiger partial charge in [0.05, 0.1) is 11.6 Å². The van der Waals surface area contributed by atoms with E-state index in [0.29, 0.717) is 0 Å². The number of benzene rings is 1. The molecule has 0 saturated heterocycles. The summed E-state index contributed by atoms with van der Waals surface area (Å²) < 4.78 is 6.10. The number of rotatable bonds is 5. The number of hydrogen-bond donors (Lipinski definition) is 1. The van der Waals surface area contributed by atoms with Gasteiger partial charge in [-0.15, -0.1) is 6.58 Å². The lowest BCUT2D eigenvalue weighted by atomic mass is 10.0. The van der Waals surface area contributed by atoms with Crippen LogP contribution in [-0.2, 0) is 0 Å². The third kappa shape index (κ3) is 3.36. The van der Waals surface area contributed by atoms with Gasteiger partial charge in [0.25, 0.3) is 0 Å². The molecule has 3 heteroatoms. The van der Waals surface area contributed by atoms with Crippen molar-refractivity contribution in [1.82, 2.24) is 0 Å². The number of halogens is 1. The molecular weight excluding hydrogens is 254 g/mol. The van der Waals surface area contributed by atoms with Gasteiger partial charge in [0, 0.05) is 6.04 Å². The quantitative estimate of drug-likeness (QED) is 0.832. The Balaban J connectivity index is 2.77. The SMILES string of the molecule is C=CCC[C@H](N)c1ccc(OC)c(Br)c1. The van der Waals surface area contributed by atoms with Crippen molar-refractivity contribution in [3.05, 3.63) is 40.9 Å². The average molecular weight is 270 g/mol. The summed E-state index contributed by atoms with van der Waals surface area (Å²) in [6, 6.07) is 5.99. The molecule has 0 radical (unpaired) electrons. The van der Waals surface area contributed by atoms with Gasteiger partial charge in [-0.1, -0.05) is 12.1 Å². The van der Waals surface area contributed by atoms with Crippen molar-refractivity contribution >= 4 is 15.9 Å². The highest BCUT2D eigenvalue weighted by Gasteiger charge is 2.07. The summed E-state index contributed by atoms with van der Waals surface area (Å²) in [5, 5.41) is 0. The molecule has 0 fully saturated rings. The summed E-state index contributed by atoms with van der Waals surface area (Å²) in [5.74, 6) is 0.828. The average Bonchev–Trinajstić information content (AvgIpc) is 2.25. The molecule has 0 aromatic heterocycles. The van der Waals surface area contributed by atoms with E-state index in [1.807, 2.05) is 24.3 Å². The van der Waals surface area contributed by atoms with Crippen LogP contribution in [0.25, 0.3) is 0 Å². The van der Waals surface area contributed by atoms with Crippen LogP contribution in [0.1, 0.15) is 24.4 Å². The highest BCUT2D eigenvalue weighted by atomic mass is 79.9. The van der Waals surface area contributed by atoms with E-state index in [4.69, 9.17) is 10.5 Å². The van der Waals surface area contributed by atoms with Gasteiger partial charge in [-0.2, -0.15) is 0 Å². The molecule has 0 spiro atoms. The van der Waals surface area contributed by atoms with Gasteiger partial charge in [-0.25, -0.2) is 0 Å². The van der Waals surface area contributed by atoms with E-state index in [1.165, 1.54) is 0 Å². The minimum Gasteiger partial charge on any atom is -0.496 e. The maximum Gasteiger partial charge on any atom is 0.133 e. The van der Waals surface area contributed by atoms with Crippen molar-refractivity contribution in [2.24, 2.45) is 5.73 Å². The molecule has 2 N–H and O–H groups in total. The summed E-state index contributed by atoms with van der Waals surface area (Å²) in [6.45, 7) is 3.69. The standard InChI is InChI=1S/C12H16BrNO/c1-3-4-5-11(14)9-6-7-12(15-2)10(13)8-9/h3,6-8,11H,1,4-5,14H2,2H3/t11-/m0/s1. The molecule has 2 nitrogen and oxygen atoms in total. The molecule has 1 aromatic rings. The van der Waals surface area contributed by atoms with E-state index >= 15 is 0 Å². The second-order valence-corrected chi connectivity index (χ2v) is 4.22. The lowest BCUT2D eigenvalue weighted by Gasteiger charge is -2.12. The van der Waals surface area contributed by atoms with Crippen LogP contribution < -0.4 is 10.5 Å². The first-order chi connectivity index (χ1) is 7.19. The van der Waals surface area contributed by atoms with Gasteiger partial charge >= 0.3 is 0 Å². The zero-order chi connectivity index (χ0) is 11.3. The highest BCUT2D eigenvalue weighted by Crippen LogP contribution is 2.28. The summed E-state index contributed by atoms with van der Waals surface area (Å²) in [7, 11) is 1.65. The first-order valence-electron chi connectivity index (χ1n) is 4.89. The van der Waals surface area contributed by atoms with E-state index in [-0.39, 0.29) is 6.04 Å². The molecular formula is C12H16BrNO. The zero-order valence-corrected chi connectivity index (χ0v) is 10.5. The van der Waals surface area contributed by atoms with E-state index < -0.39 is 0 Å². The predicted molar refractivity (Wildman–Crippen MR) is 67.1 cm³/mol. The van der Waals surface area contributed by atoms with Crippen LogP contribution in [-0.4, -0.2) is 7.11 Å². The van der Waals surface area contributed by atoms with E-state index in [0.717, 1.165) is 28.6 Å². The molecule has 1 rings (SSSR count). The van der Waals surface area contributed by atoms with Gasteiger partial charge < -0.3 is 10.5 Å². The Hall–Kier alpha value is -0.800. The monoisotopic (exact) mass is 269 g/mol. The van der Waals surface area contributed by atoms with E-state index in [9.17, 15) is 0 Å². The molecule has 0 heterocycles. The number of hydrogen-bond acceptors (Lipinski definition) is 2. The minimum absolute atomic E-state index is 0.0604. The van der Waals surface area contributed by atoms with Crippen molar-refractivity contribution in [3.8, 4) is 5.75 Å². The van der Waals surface area contributed by atoms with Crippen LogP contribution in [0, 0.1) is 0 Å². The van der Waals surface area contributed by atoms with E-state index in [1.54, 1.807) is 7.11 Å². The summed E-state index contributed by atoms with van der Waals surface area (Å²) in [6.07, 6.45) is 3.74. The molecule has 0 unspecified atom stereocenters. The van der Waals surface area contributed by atoms with Gasteiger partial charge in [0.2, 0.25) is 0 Å². The molecule has 1 atom stereocenters. The third-order valence-corrected chi connectivity index (χ3v) is 2.91. The number of allylic oxidation sites excluding steroid dienone is 1. The second kappa shape index (κ2) is 5.93. The van der Waals surface area contributed by atoms with Crippen molar-refractivity contribution in [2.45, 2.75) is 18.9 Å². The summed E-state index contributed by atoms with van der Waals surface area (Å²) in [4.78, 5) is 0. The van der Waals surface area contributed by atoms with E-state index in [2.05, 4.69) is 22.5 Å². The van der Waals surface area contributed by atoms with Gasteiger partial charge in [-0.3, -0.25) is 0 Å². The minimum atomic E-state index is 0.0604. The Labute approximate surface area is 99.3 Å². The Kier molecular flexibility index (Phi) is 4.85. The molecule has 0 amide bonds. The summed E-state index contributed by atoms with van der Waals surface area (Å²) >= 11 is 3.44. The molecule has 0 bridgehead atoms. The fourth-order valence-corrected chi connectivity index (χ4v) is 1.94. The zero-order valence-electron chi connectivity index (χ0n) is 8.87. The van der Waals surface area contributed by atoms with Gasteiger partial charge in [0.1, 0.15) is 5.75 Å². The van der Waals surface area contributed by atoms with Crippen LogP contribution in [0.4, 0.5) is 0 Å². The fourth-order valence-electron chi connectivity index (χ4n) is 1.38. The number of ether oxygens (including phenoxy) is 1. The van der Waals surface area contributed by atoms with Crippen molar-refractivity contribution in [2.75, 3.05) is 7.11 Å². The smallest absolute Gasteiger partial charge is 0.133 e. The largest absolute Gasteiger partial charge is 0.496 e. The second-order valence-electron chi connectivity index (χ2n) is 3.37.